The van der Waals surface area contributed by atoms with Crippen LogP contribution < -0.4 is 4.90 Å². The molecule has 12 aromatic rings. The predicted octanol–water partition coefficient (Wildman–Crippen LogP) is 18.7. The minimum absolute atomic E-state index is 0.0264. The Hall–Kier alpha value is -7.94. The van der Waals surface area contributed by atoms with Crippen molar-refractivity contribution in [1.82, 2.24) is 4.57 Å². The van der Waals surface area contributed by atoms with E-state index in [9.17, 15) is 0 Å². The van der Waals surface area contributed by atoms with E-state index in [-0.39, 0.29) is 10.8 Å². The lowest BCUT2D eigenvalue weighted by atomic mass is 9.85. The smallest absolute Gasteiger partial charge is 0.0541 e. The van der Waals surface area contributed by atoms with Gasteiger partial charge in [-0.15, -0.1) is 0 Å². The highest BCUT2D eigenvalue weighted by atomic mass is 15.1. The number of para-hydroxylation sites is 1. The third-order valence-electron chi connectivity index (χ3n) is 14.3. The molecule has 0 amide bonds. The molecular weight excluding hydrogens is 821 g/mol. The monoisotopic (exact) mass is 874 g/mol. The molecule has 0 saturated carbocycles. The van der Waals surface area contributed by atoms with Crippen LogP contribution in [0.4, 0.5) is 17.1 Å². The van der Waals surface area contributed by atoms with Gasteiger partial charge in [-0.1, -0.05) is 205 Å². The van der Waals surface area contributed by atoms with Crippen molar-refractivity contribution < 1.29 is 0 Å². The Morgan fingerprint density at radius 2 is 0.824 bits per heavy atom. The fourth-order valence-electron chi connectivity index (χ4n) is 10.7. The van der Waals surface area contributed by atoms with E-state index in [1.807, 2.05) is 0 Å². The van der Waals surface area contributed by atoms with E-state index in [1.54, 1.807) is 0 Å². The van der Waals surface area contributed by atoms with Crippen molar-refractivity contribution in [3.8, 4) is 39.1 Å². The van der Waals surface area contributed by atoms with Crippen LogP contribution in [0.3, 0.4) is 0 Å². The number of benzene rings is 11. The second kappa shape index (κ2) is 15.9. The molecule has 328 valence electrons. The molecule has 2 heteroatoms. The Morgan fingerprint density at radius 3 is 1.44 bits per heavy atom. The van der Waals surface area contributed by atoms with E-state index in [0.717, 1.165) is 17.1 Å². The van der Waals surface area contributed by atoms with Gasteiger partial charge >= 0.3 is 0 Å². The Bertz CT molecular complexity index is 3770. The minimum atomic E-state index is 0.0264. The van der Waals surface area contributed by atoms with Gasteiger partial charge in [-0.25, -0.2) is 0 Å². The third kappa shape index (κ3) is 6.86. The maximum Gasteiger partial charge on any atom is 0.0541 e. The summed E-state index contributed by atoms with van der Waals surface area (Å²) in [6.07, 6.45) is 0. The highest BCUT2D eigenvalue weighted by Gasteiger charge is 2.25. The fourth-order valence-corrected chi connectivity index (χ4v) is 10.7. The molecule has 68 heavy (non-hydrogen) atoms. The molecule has 0 fully saturated rings. The molecule has 0 saturated heterocycles. The molecular formula is C66H54N2. The van der Waals surface area contributed by atoms with Gasteiger partial charge in [0, 0.05) is 32.8 Å². The second-order valence-corrected chi connectivity index (χ2v) is 20.6. The Labute approximate surface area is 399 Å². The highest BCUT2D eigenvalue weighted by Crippen LogP contribution is 2.49. The van der Waals surface area contributed by atoms with Crippen LogP contribution in [0, 0.1) is 0 Å². The van der Waals surface area contributed by atoms with Crippen LogP contribution in [0.25, 0.3) is 93.2 Å². The van der Waals surface area contributed by atoms with Gasteiger partial charge in [0.05, 0.1) is 28.1 Å². The summed E-state index contributed by atoms with van der Waals surface area (Å²) in [4.78, 5) is 2.49. The van der Waals surface area contributed by atoms with E-state index in [1.165, 1.54) is 104 Å². The molecule has 2 nitrogen and oxygen atoms in total. The number of hydrogen-bond donors (Lipinski definition) is 0. The van der Waals surface area contributed by atoms with E-state index in [2.05, 4.69) is 269 Å². The number of aromatic nitrogens is 1. The molecule has 0 spiro atoms. The molecule has 0 aliphatic rings. The lowest BCUT2D eigenvalue weighted by molar-refractivity contribution is 0.590. The Kier molecular flexibility index (Phi) is 9.67. The second-order valence-electron chi connectivity index (χ2n) is 20.6. The summed E-state index contributed by atoms with van der Waals surface area (Å²) in [5.41, 5.74) is 16.9. The average Bonchev–Trinajstić information content (AvgIpc) is 3.69. The first-order valence-electron chi connectivity index (χ1n) is 24.0. The van der Waals surface area contributed by atoms with Crippen LogP contribution in [0.5, 0.6) is 0 Å². The number of anilines is 3. The van der Waals surface area contributed by atoms with Gasteiger partial charge in [-0.2, -0.15) is 0 Å². The molecule has 0 radical (unpaired) electrons. The van der Waals surface area contributed by atoms with E-state index in [0.29, 0.717) is 0 Å². The number of fused-ring (bicyclic) bond motifs is 3. The van der Waals surface area contributed by atoms with Gasteiger partial charge < -0.3 is 9.47 Å². The van der Waals surface area contributed by atoms with E-state index >= 15 is 0 Å². The number of rotatable bonds is 7. The van der Waals surface area contributed by atoms with E-state index in [4.69, 9.17) is 0 Å². The van der Waals surface area contributed by atoms with Crippen LogP contribution in [0.15, 0.2) is 218 Å². The molecule has 1 heterocycles. The summed E-state index contributed by atoms with van der Waals surface area (Å²) in [7, 11) is 0. The molecule has 0 unspecified atom stereocenters. The van der Waals surface area contributed by atoms with Crippen molar-refractivity contribution in [1.29, 1.82) is 0 Å². The summed E-state index contributed by atoms with van der Waals surface area (Å²) in [5, 5.41) is 10.1. The number of hydrogen-bond acceptors (Lipinski definition) is 1. The Balaban J connectivity index is 1.11. The predicted molar refractivity (Wildman–Crippen MR) is 293 cm³/mol. The molecule has 1 aromatic heterocycles. The zero-order valence-electron chi connectivity index (χ0n) is 39.7. The first-order valence-corrected chi connectivity index (χ1v) is 24.0. The quantitative estimate of drug-likeness (QED) is 0.145. The first kappa shape index (κ1) is 41.5. The molecule has 0 N–H and O–H groups in total. The van der Waals surface area contributed by atoms with Crippen molar-refractivity contribution in [3.63, 3.8) is 0 Å². The van der Waals surface area contributed by atoms with Crippen LogP contribution >= 0.6 is 0 Å². The molecule has 0 aliphatic heterocycles. The maximum atomic E-state index is 2.53. The van der Waals surface area contributed by atoms with Crippen LogP contribution in [-0.4, -0.2) is 4.57 Å². The molecule has 0 bridgehead atoms. The van der Waals surface area contributed by atoms with Crippen molar-refractivity contribution in [2.75, 3.05) is 4.90 Å². The van der Waals surface area contributed by atoms with Gasteiger partial charge in [-0.3, -0.25) is 0 Å². The van der Waals surface area contributed by atoms with Gasteiger partial charge in [0.15, 0.2) is 0 Å². The average molecular weight is 875 g/mol. The largest absolute Gasteiger partial charge is 0.309 e. The lowest BCUT2D eigenvalue weighted by Gasteiger charge is -2.30. The van der Waals surface area contributed by atoms with Gasteiger partial charge in [0.2, 0.25) is 0 Å². The van der Waals surface area contributed by atoms with Crippen LogP contribution in [0.2, 0.25) is 0 Å². The zero-order chi connectivity index (χ0) is 46.3. The van der Waals surface area contributed by atoms with Gasteiger partial charge in [-0.05, 0) is 126 Å². The van der Waals surface area contributed by atoms with Crippen molar-refractivity contribution in [2.24, 2.45) is 0 Å². The van der Waals surface area contributed by atoms with Crippen molar-refractivity contribution in [3.05, 3.63) is 230 Å². The van der Waals surface area contributed by atoms with Crippen LogP contribution in [-0.2, 0) is 10.8 Å². The van der Waals surface area contributed by atoms with Crippen molar-refractivity contribution in [2.45, 2.75) is 52.4 Å². The minimum Gasteiger partial charge on any atom is -0.309 e. The summed E-state index contributed by atoms with van der Waals surface area (Å²) in [5.74, 6) is 0. The fraction of sp³-hybridized carbons (Fsp3) is 0.121. The van der Waals surface area contributed by atoms with Gasteiger partial charge in [0.1, 0.15) is 0 Å². The summed E-state index contributed by atoms with van der Waals surface area (Å²) in [6.45, 7) is 13.9. The summed E-state index contributed by atoms with van der Waals surface area (Å²) in [6, 6.07) is 81.3. The van der Waals surface area contributed by atoms with Crippen molar-refractivity contribution >= 4 is 71.2 Å². The van der Waals surface area contributed by atoms with E-state index < -0.39 is 0 Å². The van der Waals surface area contributed by atoms with Gasteiger partial charge in [0.25, 0.3) is 0 Å². The summed E-state index contributed by atoms with van der Waals surface area (Å²) >= 11 is 0. The molecule has 12 rings (SSSR count). The standard InChI is InChI=1S/C66H54N2/c1-65(2,3)48-31-39-61-56(41-48)57-42-49(66(4,5)6)32-40-62(57)68(61)60-38-30-47-27-35-54-59(37-29-46-28-36-55(60)64(47)63(46)54)67(50-33-25-44(26-34-50)43-17-9-7-10-18-43)58-24-16-15-23-53(58)52-22-14-13-21-51(52)45-19-11-8-12-20-45/h7-42H,1-6H3. The summed E-state index contributed by atoms with van der Waals surface area (Å²) < 4.78 is 2.53. The molecule has 11 aromatic carbocycles. The molecule has 0 atom stereocenters. The third-order valence-corrected chi connectivity index (χ3v) is 14.3. The highest BCUT2D eigenvalue weighted by molar-refractivity contribution is 6.27. The molecule has 0 aliphatic carbocycles. The maximum absolute atomic E-state index is 2.53. The van der Waals surface area contributed by atoms with Crippen LogP contribution in [0.1, 0.15) is 52.7 Å². The Morgan fingerprint density at radius 1 is 0.338 bits per heavy atom. The number of nitrogens with zero attached hydrogens (tertiary/aromatic N) is 2. The normalized spacial score (nSPS) is 12.3. The topological polar surface area (TPSA) is 8.17 Å². The first-order chi connectivity index (χ1) is 33.0. The zero-order valence-corrected chi connectivity index (χ0v) is 39.7. The lowest BCUT2D eigenvalue weighted by Crippen LogP contribution is -2.12. The SMILES string of the molecule is CC(C)(C)c1ccc2c(c1)c1cc(C(C)(C)C)ccc1n2-c1ccc2ccc3c(N(c4ccc(-c5ccccc5)cc4)c4ccccc4-c4ccccc4-c4ccccc4)ccc4ccc1c2c43.